The first-order valence-corrected chi connectivity index (χ1v) is 3.71. The van der Waals surface area contributed by atoms with Crippen molar-refractivity contribution in [3.05, 3.63) is 0 Å². The number of methoxy groups -OCH3 is 1. The molecular weight excluding hydrogens is 180 g/mol. The van der Waals surface area contributed by atoms with Crippen molar-refractivity contribution in [1.29, 1.82) is 0 Å². The van der Waals surface area contributed by atoms with Gasteiger partial charge in [-0.05, 0) is 0 Å². The highest BCUT2D eigenvalue weighted by Gasteiger charge is 2.31. The van der Waals surface area contributed by atoms with Crippen LogP contribution in [-0.4, -0.2) is 64.8 Å². The Morgan fingerprint density at radius 2 is 1.92 bits per heavy atom. The van der Waals surface area contributed by atoms with E-state index in [0.717, 1.165) is 0 Å². The zero-order valence-corrected chi connectivity index (χ0v) is 7.20. The third-order valence-electron chi connectivity index (χ3n) is 1.67. The molecule has 78 valence electrons. The van der Waals surface area contributed by atoms with Gasteiger partial charge in [0.1, 0.15) is 24.4 Å². The molecule has 0 amide bonds. The van der Waals surface area contributed by atoms with Crippen molar-refractivity contribution in [2.24, 2.45) is 0 Å². The molecule has 0 unspecified atom stereocenters. The second kappa shape index (κ2) is 6.01. The average molecular weight is 194 g/mol. The maximum atomic E-state index is 10.1. The molecule has 0 aliphatic heterocycles. The summed E-state index contributed by atoms with van der Waals surface area (Å²) < 4.78 is 4.59. The maximum Gasteiger partial charge on any atom is 0.151 e. The summed E-state index contributed by atoms with van der Waals surface area (Å²) in [6.07, 6.45) is -5.53. The van der Waals surface area contributed by atoms with Crippen molar-refractivity contribution in [3.63, 3.8) is 0 Å². The molecule has 0 bridgehead atoms. The van der Waals surface area contributed by atoms with E-state index in [0.29, 0.717) is 0 Å². The molecule has 6 heteroatoms. The number of hydrogen-bond donors (Lipinski definition) is 4. The lowest BCUT2D eigenvalue weighted by Crippen LogP contribution is -2.47. The van der Waals surface area contributed by atoms with Gasteiger partial charge in [0.25, 0.3) is 0 Å². The summed E-state index contributed by atoms with van der Waals surface area (Å²) in [4.78, 5) is 10.1. The topological polar surface area (TPSA) is 107 Å². The van der Waals surface area contributed by atoms with Gasteiger partial charge in [-0.1, -0.05) is 0 Å². The van der Waals surface area contributed by atoms with Gasteiger partial charge in [0.2, 0.25) is 0 Å². The van der Waals surface area contributed by atoms with Crippen LogP contribution in [0.4, 0.5) is 0 Å². The minimum atomic E-state index is -1.53. The van der Waals surface area contributed by atoms with Crippen LogP contribution in [0.2, 0.25) is 0 Å². The van der Waals surface area contributed by atoms with Crippen molar-refractivity contribution in [2.45, 2.75) is 24.4 Å². The van der Waals surface area contributed by atoms with Crippen LogP contribution in [0, 0.1) is 0 Å². The molecule has 0 aliphatic carbocycles. The largest absolute Gasteiger partial charge is 0.394 e. The predicted molar refractivity (Wildman–Crippen MR) is 42.0 cm³/mol. The molecule has 0 rings (SSSR count). The molecule has 4 N–H and O–H groups in total. The zero-order valence-electron chi connectivity index (χ0n) is 7.20. The molecule has 0 aromatic heterocycles. The fourth-order valence-corrected chi connectivity index (χ4v) is 0.885. The smallest absolute Gasteiger partial charge is 0.151 e. The lowest BCUT2D eigenvalue weighted by atomic mass is 10.0. The fourth-order valence-electron chi connectivity index (χ4n) is 0.885. The number of aliphatic hydroxyl groups excluding tert-OH is 4. The highest BCUT2D eigenvalue weighted by Crippen LogP contribution is 2.07. The van der Waals surface area contributed by atoms with E-state index in [4.69, 9.17) is 15.3 Å². The van der Waals surface area contributed by atoms with E-state index >= 15 is 0 Å². The van der Waals surface area contributed by atoms with E-state index in [1.807, 2.05) is 0 Å². The van der Waals surface area contributed by atoms with Gasteiger partial charge in [0, 0.05) is 7.11 Å². The van der Waals surface area contributed by atoms with Gasteiger partial charge in [-0.15, -0.1) is 0 Å². The Bertz CT molecular complexity index is 150. The number of ether oxygens (including phenoxy) is 1. The number of aliphatic hydroxyl groups is 4. The molecule has 0 fully saturated rings. The van der Waals surface area contributed by atoms with Crippen LogP contribution in [0.25, 0.3) is 0 Å². The number of carbonyl (C=O) groups is 1. The van der Waals surface area contributed by atoms with Gasteiger partial charge in [-0.25, -0.2) is 0 Å². The Kier molecular flexibility index (Phi) is 5.76. The molecule has 0 aliphatic rings. The first kappa shape index (κ1) is 12.5. The number of rotatable bonds is 6. The molecule has 0 saturated carbocycles. The molecule has 13 heavy (non-hydrogen) atoms. The van der Waals surface area contributed by atoms with Gasteiger partial charge < -0.3 is 30.0 Å². The van der Waals surface area contributed by atoms with Gasteiger partial charge in [-0.3, -0.25) is 0 Å². The Balaban J connectivity index is 4.29. The average Bonchev–Trinajstić information content (AvgIpc) is 2.17. The molecule has 0 aromatic carbocycles. The Morgan fingerprint density at radius 3 is 2.23 bits per heavy atom. The molecule has 0 saturated heterocycles. The van der Waals surface area contributed by atoms with Crippen LogP contribution >= 0.6 is 0 Å². The minimum absolute atomic E-state index is 0.182. The summed E-state index contributed by atoms with van der Waals surface area (Å²) in [5.41, 5.74) is 0. The van der Waals surface area contributed by atoms with E-state index in [-0.39, 0.29) is 6.29 Å². The van der Waals surface area contributed by atoms with Crippen molar-refractivity contribution < 1.29 is 30.0 Å². The highest BCUT2D eigenvalue weighted by atomic mass is 16.5. The summed E-state index contributed by atoms with van der Waals surface area (Å²) in [7, 11) is 1.17. The number of hydrogen-bond acceptors (Lipinski definition) is 6. The standard InChI is InChI=1S/C7H14O6/c1-13-7(5(11)3-9)6(12)4(10)2-8/h3-8,10-12H,2H2,1H3/t4-,5+,6-,7-/m1/s1. The van der Waals surface area contributed by atoms with E-state index in [1.54, 1.807) is 0 Å². The predicted octanol–water partition coefficient (Wildman–Crippen LogP) is -2.72. The Labute approximate surface area is 75.4 Å². The van der Waals surface area contributed by atoms with Gasteiger partial charge in [-0.2, -0.15) is 0 Å². The third-order valence-corrected chi connectivity index (χ3v) is 1.67. The van der Waals surface area contributed by atoms with Gasteiger partial charge in [0.15, 0.2) is 6.29 Å². The van der Waals surface area contributed by atoms with Crippen LogP contribution in [-0.2, 0) is 9.53 Å². The van der Waals surface area contributed by atoms with E-state index in [9.17, 15) is 9.90 Å². The summed E-state index contributed by atoms with van der Waals surface area (Å²) in [6.45, 7) is -0.674. The maximum absolute atomic E-state index is 10.1. The number of aldehydes is 1. The summed E-state index contributed by atoms with van der Waals surface area (Å²) in [5, 5.41) is 35.6. The summed E-state index contributed by atoms with van der Waals surface area (Å²) in [5.74, 6) is 0. The number of carbonyl (C=O) groups excluding carboxylic acids is 1. The third kappa shape index (κ3) is 3.37. The monoisotopic (exact) mass is 194 g/mol. The van der Waals surface area contributed by atoms with Crippen LogP contribution in [0.5, 0.6) is 0 Å². The van der Waals surface area contributed by atoms with E-state index in [2.05, 4.69) is 4.74 Å². The van der Waals surface area contributed by atoms with E-state index < -0.39 is 31.0 Å². The van der Waals surface area contributed by atoms with Crippen molar-refractivity contribution in [1.82, 2.24) is 0 Å². The van der Waals surface area contributed by atoms with Crippen LogP contribution in [0.3, 0.4) is 0 Å². The van der Waals surface area contributed by atoms with Crippen molar-refractivity contribution in [3.8, 4) is 0 Å². The van der Waals surface area contributed by atoms with Crippen LogP contribution in [0.1, 0.15) is 0 Å². The molecular formula is C7H14O6. The second-order valence-corrected chi connectivity index (χ2v) is 2.57. The Morgan fingerprint density at radius 1 is 1.38 bits per heavy atom. The van der Waals surface area contributed by atoms with Gasteiger partial charge in [0.05, 0.1) is 6.61 Å². The first-order valence-electron chi connectivity index (χ1n) is 3.71. The normalized spacial score (nSPS) is 20.4. The second-order valence-electron chi connectivity index (χ2n) is 2.57. The zero-order chi connectivity index (χ0) is 10.4. The molecule has 0 aromatic rings. The summed E-state index contributed by atoms with van der Waals surface area (Å²) in [6, 6.07) is 0. The van der Waals surface area contributed by atoms with E-state index in [1.165, 1.54) is 7.11 Å². The molecule has 0 spiro atoms. The lowest BCUT2D eigenvalue weighted by Gasteiger charge is -2.25. The molecule has 0 radical (unpaired) electrons. The Hall–Kier alpha value is -0.530. The molecule has 4 atom stereocenters. The first-order chi connectivity index (χ1) is 6.08. The highest BCUT2D eigenvalue weighted by molar-refractivity contribution is 5.56. The van der Waals surface area contributed by atoms with Gasteiger partial charge >= 0.3 is 0 Å². The fraction of sp³-hybridized carbons (Fsp3) is 0.857. The minimum Gasteiger partial charge on any atom is -0.394 e. The van der Waals surface area contributed by atoms with Crippen molar-refractivity contribution in [2.75, 3.05) is 13.7 Å². The van der Waals surface area contributed by atoms with Crippen LogP contribution < -0.4 is 0 Å². The molecule has 0 heterocycles. The SMILES string of the molecule is CO[C@@H]([C@H](O)[C@H](O)CO)[C@@H](O)C=O. The summed E-state index contributed by atoms with van der Waals surface area (Å²) >= 11 is 0. The molecule has 6 nitrogen and oxygen atoms in total. The quantitative estimate of drug-likeness (QED) is 0.342. The van der Waals surface area contributed by atoms with Crippen LogP contribution in [0.15, 0.2) is 0 Å². The lowest BCUT2D eigenvalue weighted by molar-refractivity contribution is -0.143. The van der Waals surface area contributed by atoms with Crippen molar-refractivity contribution >= 4 is 6.29 Å².